The molecule has 2 unspecified atom stereocenters. The minimum Gasteiger partial charge on any atom is -0.478 e. The maximum atomic E-state index is 13.1. The first-order valence-electron chi connectivity index (χ1n) is 14.2. The number of amides is 2. The Morgan fingerprint density at radius 3 is 1.28 bits per heavy atom. The number of nitrogens with one attached hydrogen (secondary N) is 2. The van der Waals surface area contributed by atoms with Crippen LogP contribution in [0.25, 0.3) is 0 Å². The molecule has 0 bridgehead atoms. The van der Waals surface area contributed by atoms with Crippen molar-refractivity contribution in [1.29, 1.82) is 0 Å². The second kappa shape index (κ2) is 14.1. The molecule has 4 N–H and O–H groups in total. The van der Waals surface area contributed by atoms with Crippen molar-refractivity contribution in [1.82, 2.24) is 0 Å². The summed E-state index contributed by atoms with van der Waals surface area (Å²) < 4.78 is 0. The first kappa shape index (κ1) is 30.7. The van der Waals surface area contributed by atoms with Crippen molar-refractivity contribution in [3.63, 3.8) is 0 Å². The van der Waals surface area contributed by atoms with E-state index in [0.29, 0.717) is 24.0 Å². The van der Waals surface area contributed by atoms with E-state index in [1.807, 2.05) is 74.5 Å². The second-order valence-corrected chi connectivity index (χ2v) is 10.3. The predicted molar refractivity (Wildman–Crippen MR) is 166 cm³/mol. The van der Waals surface area contributed by atoms with Gasteiger partial charge in [-0.25, -0.2) is 9.59 Å². The molecule has 43 heavy (non-hydrogen) atoms. The van der Waals surface area contributed by atoms with E-state index >= 15 is 0 Å². The number of carbonyl (C=O) groups is 4. The molecular formula is C35H34N2O6. The molecule has 0 aliphatic rings. The number of hydrogen-bond acceptors (Lipinski definition) is 4. The van der Waals surface area contributed by atoms with Crippen LogP contribution in [0.2, 0.25) is 0 Å². The van der Waals surface area contributed by atoms with Crippen LogP contribution < -0.4 is 10.6 Å². The Balaban J connectivity index is 1.53. The summed E-state index contributed by atoms with van der Waals surface area (Å²) in [6.07, 6.45) is 1.33. The Morgan fingerprint density at radius 1 is 0.581 bits per heavy atom. The van der Waals surface area contributed by atoms with E-state index in [-0.39, 0.29) is 40.7 Å². The molecule has 4 aromatic carbocycles. The lowest BCUT2D eigenvalue weighted by molar-refractivity contribution is -0.118. The highest BCUT2D eigenvalue weighted by atomic mass is 16.4. The lowest BCUT2D eigenvalue weighted by atomic mass is 9.94. The largest absolute Gasteiger partial charge is 0.478 e. The zero-order chi connectivity index (χ0) is 30.9. The topological polar surface area (TPSA) is 133 Å². The van der Waals surface area contributed by atoms with Crippen molar-refractivity contribution in [3.05, 3.63) is 130 Å². The molecule has 0 fully saturated rings. The third-order valence-corrected chi connectivity index (χ3v) is 7.41. The van der Waals surface area contributed by atoms with Gasteiger partial charge in [0.15, 0.2) is 0 Å². The first-order chi connectivity index (χ1) is 20.7. The summed E-state index contributed by atoms with van der Waals surface area (Å²) in [4.78, 5) is 50.4. The fourth-order valence-electron chi connectivity index (χ4n) is 5.17. The summed E-state index contributed by atoms with van der Waals surface area (Å²) in [5.74, 6) is -3.86. The van der Waals surface area contributed by atoms with Crippen molar-refractivity contribution in [3.8, 4) is 0 Å². The van der Waals surface area contributed by atoms with Crippen molar-refractivity contribution in [2.24, 2.45) is 0 Å². The summed E-state index contributed by atoms with van der Waals surface area (Å²) in [6.45, 7) is 3.79. The van der Waals surface area contributed by atoms with Crippen LogP contribution in [0.4, 0.5) is 11.4 Å². The normalized spacial score (nSPS) is 12.1. The molecule has 0 aromatic heterocycles. The lowest BCUT2D eigenvalue weighted by Crippen LogP contribution is -2.22. The molecule has 0 heterocycles. The van der Waals surface area contributed by atoms with Gasteiger partial charge in [0, 0.05) is 0 Å². The highest BCUT2D eigenvalue weighted by Gasteiger charge is 2.23. The molecule has 220 valence electrons. The quantitative estimate of drug-likeness (QED) is 0.144. The third-order valence-electron chi connectivity index (χ3n) is 7.41. The van der Waals surface area contributed by atoms with E-state index in [0.717, 1.165) is 11.1 Å². The van der Waals surface area contributed by atoms with Crippen LogP contribution >= 0.6 is 0 Å². The van der Waals surface area contributed by atoms with Gasteiger partial charge in [-0.3, -0.25) is 9.59 Å². The summed E-state index contributed by atoms with van der Waals surface area (Å²) in [7, 11) is 0. The standard InChI is InChI=1S/C35H34N2O6/c1-3-26(24-11-7-5-8-12-24)32(38)36-30-17-15-22(20-28(30)34(40)41)19-23-16-18-31(29(21-23)35(42)43)37-33(39)27(4-2)25-13-9-6-10-14-25/h5-18,20-21,26-27H,3-4,19H2,1-2H3,(H,36,38)(H,37,39)(H,40,41)(H,42,43). The Morgan fingerprint density at radius 2 is 0.953 bits per heavy atom. The van der Waals surface area contributed by atoms with Crippen LogP contribution in [0.1, 0.15) is 81.5 Å². The average molecular weight is 579 g/mol. The highest BCUT2D eigenvalue weighted by Crippen LogP contribution is 2.27. The Kier molecular flexibility index (Phi) is 10.1. The van der Waals surface area contributed by atoms with Crippen molar-refractivity contribution in [2.75, 3.05) is 10.6 Å². The second-order valence-electron chi connectivity index (χ2n) is 10.3. The van der Waals surface area contributed by atoms with E-state index in [1.54, 1.807) is 24.3 Å². The smallest absolute Gasteiger partial charge is 0.337 e. The zero-order valence-corrected chi connectivity index (χ0v) is 24.0. The maximum absolute atomic E-state index is 13.1. The van der Waals surface area contributed by atoms with Gasteiger partial charge in [0.05, 0.1) is 34.3 Å². The summed E-state index contributed by atoms with van der Waals surface area (Å²) >= 11 is 0. The molecule has 0 spiro atoms. The van der Waals surface area contributed by atoms with Gasteiger partial charge in [0.1, 0.15) is 0 Å². The van der Waals surface area contributed by atoms with Crippen molar-refractivity contribution in [2.45, 2.75) is 44.9 Å². The fraction of sp³-hybridized carbons (Fsp3) is 0.200. The molecule has 2 atom stereocenters. The van der Waals surface area contributed by atoms with Crippen molar-refractivity contribution < 1.29 is 29.4 Å². The number of carboxylic acids is 2. The van der Waals surface area contributed by atoms with E-state index in [9.17, 15) is 29.4 Å². The highest BCUT2D eigenvalue weighted by molar-refractivity contribution is 6.03. The minimum absolute atomic E-state index is 0.0670. The van der Waals surface area contributed by atoms with Crippen LogP contribution in [-0.4, -0.2) is 34.0 Å². The van der Waals surface area contributed by atoms with Gasteiger partial charge >= 0.3 is 11.9 Å². The van der Waals surface area contributed by atoms with Gasteiger partial charge in [-0.1, -0.05) is 86.6 Å². The van der Waals surface area contributed by atoms with E-state index in [1.165, 1.54) is 12.1 Å². The van der Waals surface area contributed by atoms with Gasteiger partial charge in [0.2, 0.25) is 11.8 Å². The van der Waals surface area contributed by atoms with Crippen LogP contribution in [0.3, 0.4) is 0 Å². The summed E-state index contributed by atoms with van der Waals surface area (Å²) in [5.41, 5.74) is 3.16. The SMILES string of the molecule is CCC(C(=O)Nc1ccc(Cc2ccc(NC(=O)C(CC)c3ccccc3)c(C(=O)O)c2)cc1C(=O)O)c1ccccc1. The molecule has 4 rings (SSSR count). The first-order valence-corrected chi connectivity index (χ1v) is 14.2. The molecule has 0 radical (unpaired) electrons. The number of aromatic carboxylic acids is 2. The molecule has 0 aliphatic carbocycles. The Hall–Kier alpha value is -5.24. The van der Waals surface area contributed by atoms with Gasteiger partial charge < -0.3 is 20.8 Å². The van der Waals surface area contributed by atoms with Crippen LogP contribution in [0.5, 0.6) is 0 Å². The fourth-order valence-corrected chi connectivity index (χ4v) is 5.17. The number of carbonyl (C=O) groups excluding carboxylic acids is 2. The number of anilines is 2. The van der Waals surface area contributed by atoms with Crippen LogP contribution in [-0.2, 0) is 16.0 Å². The van der Waals surface area contributed by atoms with Crippen LogP contribution in [0, 0.1) is 0 Å². The molecule has 0 saturated heterocycles. The maximum Gasteiger partial charge on any atom is 0.337 e. The molecule has 8 nitrogen and oxygen atoms in total. The van der Waals surface area contributed by atoms with Gasteiger partial charge in [0.25, 0.3) is 0 Å². The molecule has 2 amide bonds. The van der Waals surface area contributed by atoms with Crippen LogP contribution in [0.15, 0.2) is 97.1 Å². The zero-order valence-electron chi connectivity index (χ0n) is 24.0. The van der Waals surface area contributed by atoms with Crippen molar-refractivity contribution >= 4 is 35.1 Å². The number of carboxylic acid groups (broad SMARTS) is 2. The van der Waals surface area contributed by atoms with Gasteiger partial charge in [-0.15, -0.1) is 0 Å². The van der Waals surface area contributed by atoms with Gasteiger partial charge in [-0.05, 0) is 65.8 Å². The molecule has 0 saturated carbocycles. The van der Waals surface area contributed by atoms with E-state index in [4.69, 9.17) is 0 Å². The number of benzene rings is 4. The number of hydrogen-bond donors (Lipinski definition) is 4. The lowest BCUT2D eigenvalue weighted by Gasteiger charge is -2.18. The predicted octanol–water partition coefficient (Wildman–Crippen LogP) is 6.94. The molecule has 0 aliphatic heterocycles. The summed E-state index contributed by atoms with van der Waals surface area (Å²) in [6, 6.07) is 28.1. The van der Waals surface area contributed by atoms with Gasteiger partial charge in [-0.2, -0.15) is 0 Å². The average Bonchev–Trinajstić information content (AvgIpc) is 3.00. The van der Waals surface area contributed by atoms with E-state index in [2.05, 4.69) is 10.6 Å². The monoisotopic (exact) mass is 578 g/mol. The Labute approximate surface area is 250 Å². The Bertz CT molecular complexity index is 1500. The summed E-state index contributed by atoms with van der Waals surface area (Å²) in [5, 5.41) is 25.3. The molecular weight excluding hydrogens is 544 g/mol. The molecule has 4 aromatic rings. The third kappa shape index (κ3) is 7.54. The number of rotatable bonds is 12. The minimum atomic E-state index is -1.20. The van der Waals surface area contributed by atoms with E-state index < -0.39 is 23.8 Å². The molecule has 8 heteroatoms.